The number of aromatic nitrogens is 2. The summed E-state index contributed by atoms with van der Waals surface area (Å²) in [5.74, 6) is 0.575. The number of hydrogen-bond acceptors (Lipinski definition) is 4. The van der Waals surface area contributed by atoms with Crippen LogP contribution in [0, 0.1) is 11.3 Å². The monoisotopic (exact) mass is 209 g/mol. The van der Waals surface area contributed by atoms with Gasteiger partial charge in [-0.3, -0.25) is 0 Å². The van der Waals surface area contributed by atoms with E-state index in [-0.39, 0.29) is 11.3 Å². The number of halogens is 1. The molecule has 1 unspecified atom stereocenters. The predicted molar refractivity (Wildman–Crippen MR) is 49.7 cm³/mol. The highest BCUT2D eigenvalue weighted by Crippen LogP contribution is 2.26. The van der Waals surface area contributed by atoms with Crippen molar-refractivity contribution in [1.29, 1.82) is 5.26 Å². The summed E-state index contributed by atoms with van der Waals surface area (Å²) < 4.78 is 5.40. The van der Waals surface area contributed by atoms with Gasteiger partial charge in [0.2, 0.25) is 0 Å². The van der Waals surface area contributed by atoms with Crippen molar-refractivity contribution in [2.75, 3.05) is 6.61 Å². The van der Waals surface area contributed by atoms with Crippen LogP contribution in [-0.4, -0.2) is 16.6 Å². The Bertz CT molecular complexity index is 382. The number of nitriles is 1. The van der Waals surface area contributed by atoms with Crippen LogP contribution >= 0.6 is 11.6 Å². The van der Waals surface area contributed by atoms with Gasteiger partial charge in [-0.1, -0.05) is 11.6 Å². The van der Waals surface area contributed by atoms with Gasteiger partial charge in [-0.05, 0) is 12.8 Å². The van der Waals surface area contributed by atoms with Gasteiger partial charge in [0.25, 0.3) is 0 Å². The van der Waals surface area contributed by atoms with Gasteiger partial charge in [-0.15, -0.1) is 0 Å². The van der Waals surface area contributed by atoms with Gasteiger partial charge in [-0.25, -0.2) is 9.97 Å². The second kappa shape index (κ2) is 3.91. The minimum absolute atomic E-state index is 0.0553. The van der Waals surface area contributed by atoms with Gasteiger partial charge in [0.15, 0.2) is 11.0 Å². The van der Waals surface area contributed by atoms with Crippen molar-refractivity contribution in [2.45, 2.75) is 18.9 Å². The van der Waals surface area contributed by atoms with Crippen LogP contribution < -0.4 is 0 Å². The molecule has 2 heterocycles. The summed E-state index contributed by atoms with van der Waals surface area (Å²) in [5, 5.41) is 8.83. The fourth-order valence-electron chi connectivity index (χ4n) is 1.39. The van der Waals surface area contributed by atoms with Crippen molar-refractivity contribution in [3.05, 3.63) is 22.7 Å². The molecule has 0 N–H and O–H groups in total. The van der Waals surface area contributed by atoms with Crippen molar-refractivity contribution >= 4 is 11.6 Å². The van der Waals surface area contributed by atoms with Gasteiger partial charge in [0.05, 0.1) is 6.20 Å². The topological polar surface area (TPSA) is 58.8 Å². The van der Waals surface area contributed by atoms with Crippen molar-refractivity contribution < 1.29 is 4.74 Å². The average molecular weight is 210 g/mol. The fourth-order valence-corrected chi connectivity index (χ4v) is 1.56. The van der Waals surface area contributed by atoms with E-state index in [2.05, 4.69) is 9.97 Å². The molecule has 0 saturated carbocycles. The number of hydrogen-bond donors (Lipinski definition) is 0. The normalized spacial score (nSPS) is 20.7. The Balaban J connectivity index is 2.28. The summed E-state index contributed by atoms with van der Waals surface area (Å²) in [7, 11) is 0. The molecule has 1 fully saturated rings. The summed E-state index contributed by atoms with van der Waals surface area (Å²) in [6.45, 7) is 0.742. The van der Waals surface area contributed by atoms with Crippen LogP contribution in [0.5, 0.6) is 0 Å². The maximum atomic E-state index is 8.63. The lowest BCUT2D eigenvalue weighted by Gasteiger charge is -2.07. The summed E-state index contributed by atoms with van der Waals surface area (Å²) in [6.07, 6.45) is 3.32. The molecular weight excluding hydrogens is 202 g/mol. The maximum absolute atomic E-state index is 8.63. The first-order valence-corrected chi connectivity index (χ1v) is 4.73. The van der Waals surface area contributed by atoms with Crippen LogP contribution in [0.2, 0.25) is 5.15 Å². The summed E-state index contributed by atoms with van der Waals surface area (Å²) in [4.78, 5) is 8.08. The van der Waals surface area contributed by atoms with E-state index in [0.717, 1.165) is 19.4 Å². The summed E-state index contributed by atoms with van der Waals surface area (Å²) >= 11 is 5.78. The smallest absolute Gasteiger partial charge is 0.158 e. The fraction of sp³-hybridized carbons (Fsp3) is 0.444. The van der Waals surface area contributed by atoms with Gasteiger partial charge in [0.1, 0.15) is 17.7 Å². The molecule has 0 radical (unpaired) electrons. The molecule has 4 nitrogen and oxygen atoms in total. The van der Waals surface area contributed by atoms with E-state index in [1.165, 1.54) is 6.20 Å². The Morgan fingerprint density at radius 1 is 1.64 bits per heavy atom. The molecule has 1 saturated heterocycles. The third-order valence-electron chi connectivity index (χ3n) is 2.10. The molecule has 0 aromatic carbocycles. The summed E-state index contributed by atoms with van der Waals surface area (Å²) in [5.41, 5.74) is 0.299. The third-order valence-corrected chi connectivity index (χ3v) is 2.39. The molecule has 0 bridgehead atoms. The first-order valence-electron chi connectivity index (χ1n) is 4.35. The number of ether oxygens (including phenoxy) is 1. The summed E-state index contributed by atoms with van der Waals surface area (Å²) in [6, 6.07) is 1.92. The van der Waals surface area contributed by atoms with E-state index >= 15 is 0 Å². The standard InChI is InChI=1S/C9H8ClN3O/c10-8-6(4-11)5-12-9(13-8)7-2-1-3-14-7/h5,7H,1-3H2. The number of rotatable bonds is 1. The zero-order chi connectivity index (χ0) is 9.97. The molecule has 1 aliphatic heterocycles. The first-order chi connectivity index (χ1) is 6.81. The van der Waals surface area contributed by atoms with Crippen molar-refractivity contribution in [3.8, 4) is 6.07 Å². The van der Waals surface area contributed by atoms with E-state index < -0.39 is 0 Å². The van der Waals surface area contributed by atoms with Gasteiger partial charge >= 0.3 is 0 Å². The van der Waals surface area contributed by atoms with Crippen LogP contribution in [0.25, 0.3) is 0 Å². The van der Waals surface area contributed by atoms with Crippen molar-refractivity contribution in [3.63, 3.8) is 0 Å². The Morgan fingerprint density at radius 2 is 2.50 bits per heavy atom. The van der Waals surface area contributed by atoms with E-state index in [1.807, 2.05) is 6.07 Å². The molecule has 1 atom stereocenters. The lowest BCUT2D eigenvalue weighted by Crippen LogP contribution is -2.03. The zero-order valence-corrected chi connectivity index (χ0v) is 8.16. The predicted octanol–water partition coefficient (Wildman–Crippen LogP) is 1.85. The molecular formula is C9H8ClN3O. The first kappa shape index (κ1) is 9.38. The third kappa shape index (κ3) is 1.69. The van der Waals surface area contributed by atoms with Gasteiger partial charge in [0, 0.05) is 6.61 Å². The van der Waals surface area contributed by atoms with Crippen molar-refractivity contribution in [1.82, 2.24) is 9.97 Å². The molecule has 14 heavy (non-hydrogen) atoms. The van der Waals surface area contributed by atoms with Crippen LogP contribution in [0.3, 0.4) is 0 Å². The molecule has 5 heteroatoms. The molecule has 72 valence electrons. The van der Waals surface area contributed by atoms with E-state index in [4.69, 9.17) is 21.6 Å². The van der Waals surface area contributed by atoms with E-state index in [9.17, 15) is 0 Å². The largest absolute Gasteiger partial charge is 0.370 e. The highest BCUT2D eigenvalue weighted by atomic mass is 35.5. The van der Waals surface area contributed by atoms with Crippen molar-refractivity contribution in [2.24, 2.45) is 0 Å². The zero-order valence-electron chi connectivity index (χ0n) is 7.40. The van der Waals surface area contributed by atoms with Crippen LogP contribution in [-0.2, 0) is 4.74 Å². The number of nitrogens with zero attached hydrogens (tertiary/aromatic N) is 3. The average Bonchev–Trinajstić information content (AvgIpc) is 2.70. The molecule has 2 rings (SSSR count). The molecule has 0 amide bonds. The molecule has 0 spiro atoms. The molecule has 0 aliphatic carbocycles. The second-order valence-electron chi connectivity index (χ2n) is 3.05. The van der Waals surface area contributed by atoms with Crippen LogP contribution in [0.15, 0.2) is 6.20 Å². The Labute approximate surface area is 86.5 Å². The van der Waals surface area contributed by atoms with Crippen LogP contribution in [0.4, 0.5) is 0 Å². The lowest BCUT2D eigenvalue weighted by molar-refractivity contribution is 0.105. The highest BCUT2D eigenvalue weighted by molar-refractivity contribution is 6.30. The Morgan fingerprint density at radius 3 is 3.07 bits per heavy atom. The van der Waals surface area contributed by atoms with Gasteiger partial charge < -0.3 is 4.74 Å². The van der Waals surface area contributed by atoms with Gasteiger partial charge in [-0.2, -0.15) is 5.26 Å². The maximum Gasteiger partial charge on any atom is 0.158 e. The second-order valence-corrected chi connectivity index (χ2v) is 3.40. The Hall–Kier alpha value is -1.18. The highest BCUT2D eigenvalue weighted by Gasteiger charge is 2.21. The minimum Gasteiger partial charge on any atom is -0.370 e. The lowest BCUT2D eigenvalue weighted by atomic mass is 10.2. The quantitative estimate of drug-likeness (QED) is 0.663. The SMILES string of the molecule is N#Cc1cnc(C2CCCO2)nc1Cl. The van der Waals surface area contributed by atoms with E-state index in [1.54, 1.807) is 0 Å². The molecule has 1 aliphatic rings. The molecule has 1 aromatic heterocycles. The minimum atomic E-state index is -0.0553. The van der Waals surface area contributed by atoms with Crippen LogP contribution in [0.1, 0.15) is 30.3 Å². The van der Waals surface area contributed by atoms with E-state index in [0.29, 0.717) is 11.4 Å². The molecule has 1 aromatic rings. The Kier molecular flexibility index (Phi) is 2.62.